The summed E-state index contributed by atoms with van der Waals surface area (Å²) in [5, 5.41) is 0. The molecular formula is C15H18BrNO4. The van der Waals surface area contributed by atoms with Crippen molar-refractivity contribution in [2.45, 2.75) is 25.8 Å². The summed E-state index contributed by atoms with van der Waals surface area (Å²) in [6, 6.07) is 3.58. The Labute approximate surface area is 132 Å². The van der Waals surface area contributed by atoms with E-state index >= 15 is 0 Å². The van der Waals surface area contributed by atoms with E-state index in [0.29, 0.717) is 34.1 Å². The number of carbonyl (C=O) groups is 2. The Morgan fingerprint density at radius 2 is 2.19 bits per heavy atom. The number of halogens is 1. The molecular weight excluding hydrogens is 338 g/mol. The summed E-state index contributed by atoms with van der Waals surface area (Å²) in [6.07, 6.45) is 2.87. The van der Waals surface area contributed by atoms with Gasteiger partial charge in [0.25, 0.3) is 5.91 Å². The van der Waals surface area contributed by atoms with Gasteiger partial charge < -0.3 is 14.4 Å². The number of methoxy groups -OCH3 is 1. The van der Waals surface area contributed by atoms with Crippen LogP contribution in [0.2, 0.25) is 0 Å². The maximum absolute atomic E-state index is 12.2. The molecule has 1 amide bonds. The molecule has 1 aliphatic rings. The van der Waals surface area contributed by atoms with Crippen molar-refractivity contribution in [2.24, 2.45) is 0 Å². The second-order valence-electron chi connectivity index (χ2n) is 4.85. The molecule has 2 rings (SSSR count). The molecule has 21 heavy (non-hydrogen) atoms. The van der Waals surface area contributed by atoms with Crippen molar-refractivity contribution in [3.05, 3.63) is 22.2 Å². The quantitative estimate of drug-likeness (QED) is 0.705. The van der Waals surface area contributed by atoms with Gasteiger partial charge in [0.1, 0.15) is 6.29 Å². The highest BCUT2D eigenvalue weighted by Crippen LogP contribution is 2.36. The summed E-state index contributed by atoms with van der Waals surface area (Å²) in [7, 11) is 1.49. The molecule has 0 unspecified atom stereocenters. The highest BCUT2D eigenvalue weighted by molar-refractivity contribution is 9.10. The lowest BCUT2D eigenvalue weighted by Gasteiger charge is -2.21. The van der Waals surface area contributed by atoms with Gasteiger partial charge in [-0.3, -0.25) is 9.59 Å². The Kier molecular flexibility index (Phi) is 5.22. The van der Waals surface area contributed by atoms with Crippen LogP contribution in [0.5, 0.6) is 11.5 Å². The van der Waals surface area contributed by atoms with Crippen molar-refractivity contribution in [2.75, 3.05) is 20.3 Å². The van der Waals surface area contributed by atoms with Crippen LogP contribution < -0.4 is 9.47 Å². The molecule has 1 saturated carbocycles. The van der Waals surface area contributed by atoms with Gasteiger partial charge in [0.2, 0.25) is 0 Å². The van der Waals surface area contributed by atoms with Gasteiger partial charge in [-0.25, -0.2) is 0 Å². The summed E-state index contributed by atoms with van der Waals surface area (Å²) in [5.74, 6) is 0.825. The molecule has 0 N–H and O–H groups in total. The summed E-state index contributed by atoms with van der Waals surface area (Å²) in [4.78, 5) is 24.8. The minimum Gasteiger partial charge on any atom is -0.493 e. The molecule has 1 aromatic carbocycles. The average molecular weight is 356 g/mol. The van der Waals surface area contributed by atoms with Crippen molar-refractivity contribution in [1.29, 1.82) is 0 Å². The summed E-state index contributed by atoms with van der Waals surface area (Å²) >= 11 is 3.34. The number of amides is 1. The van der Waals surface area contributed by atoms with Crippen LogP contribution in [0.15, 0.2) is 16.6 Å². The third-order valence-electron chi connectivity index (χ3n) is 3.38. The first-order valence-electron chi connectivity index (χ1n) is 6.85. The third-order valence-corrected chi connectivity index (χ3v) is 3.97. The number of aldehydes is 1. The van der Waals surface area contributed by atoms with Crippen molar-refractivity contribution >= 4 is 28.1 Å². The number of hydrogen-bond acceptors (Lipinski definition) is 4. The number of carbonyl (C=O) groups excluding carboxylic acids is 2. The van der Waals surface area contributed by atoms with Crippen LogP contribution in [-0.2, 0) is 4.79 Å². The molecule has 5 nitrogen and oxygen atoms in total. The topological polar surface area (TPSA) is 55.8 Å². The van der Waals surface area contributed by atoms with Gasteiger partial charge in [0, 0.05) is 18.2 Å². The van der Waals surface area contributed by atoms with Crippen molar-refractivity contribution < 1.29 is 19.1 Å². The molecule has 1 fully saturated rings. The third kappa shape index (κ3) is 3.75. The number of ether oxygens (including phenoxy) is 2. The van der Waals surface area contributed by atoms with Crippen LogP contribution in [0.4, 0.5) is 0 Å². The minimum atomic E-state index is -0.0419. The van der Waals surface area contributed by atoms with E-state index in [0.717, 1.165) is 19.1 Å². The highest BCUT2D eigenvalue weighted by atomic mass is 79.9. The molecule has 0 heterocycles. The van der Waals surface area contributed by atoms with Gasteiger partial charge in [-0.1, -0.05) is 0 Å². The fourth-order valence-corrected chi connectivity index (χ4v) is 2.76. The molecule has 0 radical (unpaired) electrons. The van der Waals surface area contributed by atoms with Crippen LogP contribution in [0.3, 0.4) is 0 Å². The molecule has 1 aromatic rings. The van der Waals surface area contributed by atoms with Gasteiger partial charge in [-0.15, -0.1) is 0 Å². The normalized spacial score (nSPS) is 13.7. The number of likely N-dealkylation sites (N-methyl/N-ethyl adjacent to an activating group) is 1. The number of nitrogens with zero attached hydrogens (tertiary/aromatic N) is 1. The summed E-state index contributed by atoms with van der Waals surface area (Å²) < 4.78 is 11.4. The zero-order valence-corrected chi connectivity index (χ0v) is 13.7. The second kappa shape index (κ2) is 6.93. The van der Waals surface area contributed by atoms with E-state index in [2.05, 4.69) is 15.9 Å². The van der Waals surface area contributed by atoms with Crippen molar-refractivity contribution in [1.82, 2.24) is 4.90 Å². The smallest absolute Gasteiger partial charge is 0.260 e. The van der Waals surface area contributed by atoms with Crippen LogP contribution in [-0.4, -0.2) is 43.4 Å². The lowest BCUT2D eigenvalue weighted by molar-refractivity contribution is -0.133. The predicted molar refractivity (Wildman–Crippen MR) is 82.0 cm³/mol. The van der Waals surface area contributed by atoms with E-state index in [4.69, 9.17) is 9.47 Å². The van der Waals surface area contributed by atoms with Crippen LogP contribution in [0, 0.1) is 0 Å². The Morgan fingerprint density at radius 3 is 2.71 bits per heavy atom. The molecule has 114 valence electrons. The standard InChI is InChI=1S/C15H18BrNO4/c1-3-17(11-4-5-11)14(19)9-21-15-12(16)6-10(8-18)7-13(15)20-2/h6-8,11H,3-5,9H2,1-2H3. The first-order valence-corrected chi connectivity index (χ1v) is 7.65. The fraction of sp³-hybridized carbons (Fsp3) is 0.467. The van der Waals surface area contributed by atoms with Crippen molar-refractivity contribution in [3.8, 4) is 11.5 Å². The second-order valence-corrected chi connectivity index (χ2v) is 5.71. The van der Waals surface area contributed by atoms with E-state index in [1.54, 1.807) is 12.1 Å². The lowest BCUT2D eigenvalue weighted by Crippen LogP contribution is -2.36. The Morgan fingerprint density at radius 1 is 1.48 bits per heavy atom. The van der Waals surface area contributed by atoms with E-state index in [1.807, 2.05) is 11.8 Å². The zero-order chi connectivity index (χ0) is 15.4. The highest BCUT2D eigenvalue weighted by Gasteiger charge is 2.31. The molecule has 0 saturated heterocycles. The maximum Gasteiger partial charge on any atom is 0.260 e. The summed E-state index contributed by atoms with van der Waals surface area (Å²) in [5.41, 5.74) is 0.477. The van der Waals surface area contributed by atoms with Gasteiger partial charge in [0.05, 0.1) is 11.6 Å². The average Bonchev–Trinajstić information content (AvgIpc) is 3.30. The SMILES string of the molecule is CCN(C(=O)COc1c(Br)cc(C=O)cc1OC)C1CC1. The minimum absolute atomic E-state index is 0.0339. The first kappa shape index (κ1) is 15.8. The Balaban J connectivity index is 2.08. The monoisotopic (exact) mass is 355 g/mol. The van der Waals surface area contributed by atoms with E-state index in [1.165, 1.54) is 7.11 Å². The number of rotatable bonds is 7. The summed E-state index contributed by atoms with van der Waals surface area (Å²) in [6.45, 7) is 2.61. The van der Waals surface area contributed by atoms with Gasteiger partial charge in [-0.2, -0.15) is 0 Å². The van der Waals surface area contributed by atoms with Crippen LogP contribution in [0.1, 0.15) is 30.1 Å². The first-order chi connectivity index (χ1) is 10.1. The molecule has 1 aliphatic carbocycles. The molecule has 0 aliphatic heterocycles. The van der Waals surface area contributed by atoms with E-state index in [-0.39, 0.29) is 12.5 Å². The maximum atomic E-state index is 12.2. The van der Waals surface area contributed by atoms with Gasteiger partial charge >= 0.3 is 0 Å². The molecule has 6 heteroatoms. The lowest BCUT2D eigenvalue weighted by atomic mass is 10.2. The van der Waals surface area contributed by atoms with E-state index < -0.39 is 0 Å². The number of hydrogen-bond donors (Lipinski definition) is 0. The van der Waals surface area contributed by atoms with Crippen molar-refractivity contribution in [3.63, 3.8) is 0 Å². The molecule has 0 aromatic heterocycles. The predicted octanol–water partition coefficient (Wildman–Crippen LogP) is 2.66. The van der Waals surface area contributed by atoms with Crippen LogP contribution in [0.25, 0.3) is 0 Å². The van der Waals surface area contributed by atoms with E-state index in [9.17, 15) is 9.59 Å². The van der Waals surface area contributed by atoms with Gasteiger partial charge in [-0.05, 0) is 47.8 Å². The Hall–Kier alpha value is -1.56. The fourth-order valence-electron chi connectivity index (χ4n) is 2.19. The van der Waals surface area contributed by atoms with Crippen LogP contribution >= 0.6 is 15.9 Å². The molecule has 0 bridgehead atoms. The van der Waals surface area contributed by atoms with Gasteiger partial charge in [0.15, 0.2) is 18.1 Å². The zero-order valence-electron chi connectivity index (χ0n) is 12.1. The molecule has 0 spiro atoms. The number of benzene rings is 1. The Bertz CT molecular complexity index is 543. The molecule has 0 atom stereocenters. The largest absolute Gasteiger partial charge is 0.493 e.